The van der Waals surface area contributed by atoms with Crippen LogP contribution in [0.3, 0.4) is 0 Å². The highest BCUT2D eigenvalue weighted by atomic mass is 16.8. The molecule has 0 saturated carbocycles. The van der Waals surface area contributed by atoms with Gasteiger partial charge in [-0.1, -0.05) is 60.7 Å². The molecular weight excluding hydrogens is 340 g/mol. The fourth-order valence-corrected chi connectivity index (χ4v) is 4.03. The number of ketones is 1. The smallest absolute Gasteiger partial charge is 0.295 e. The molecule has 1 spiro atoms. The molecule has 4 heteroatoms. The minimum Gasteiger partial charge on any atom is -0.489 e. The Morgan fingerprint density at radius 1 is 0.963 bits per heavy atom. The van der Waals surface area contributed by atoms with E-state index >= 15 is 0 Å². The molecule has 2 atom stereocenters. The van der Waals surface area contributed by atoms with Crippen molar-refractivity contribution in [2.45, 2.75) is 51.3 Å². The number of carbonyl (C=O) groups excluding carboxylic acids is 1. The largest absolute Gasteiger partial charge is 0.489 e. The van der Waals surface area contributed by atoms with Crippen molar-refractivity contribution in [1.82, 2.24) is 0 Å². The third-order valence-electron chi connectivity index (χ3n) is 5.26. The molecule has 1 aliphatic carbocycles. The summed E-state index contributed by atoms with van der Waals surface area (Å²) in [5.41, 5.74) is 1.56. The summed E-state index contributed by atoms with van der Waals surface area (Å²) >= 11 is 0. The van der Waals surface area contributed by atoms with Gasteiger partial charge in [-0.05, 0) is 38.8 Å². The van der Waals surface area contributed by atoms with Crippen molar-refractivity contribution in [3.63, 3.8) is 0 Å². The first kappa shape index (κ1) is 18.0. The fourth-order valence-electron chi connectivity index (χ4n) is 4.03. The van der Waals surface area contributed by atoms with E-state index in [2.05, 4.69) is 0 Å². The summed E-state index contributed by atoms with van der Waals surface area (Å²) in [6.07, 6.45) is -0.462. The van der Waals surface area contributed by atoms with Gasteiger partial charge in [-0.25, -0.2) is 0 Å². The SMILES string of the molecule is CC1=C(OC(C)C)C2(OC(C)C(c3ccccc3)(c3ccccc3)O2)C1=O. The molecule has 4 rings (SSSR count). The Labute approximate surface area is 159 Å². The van der Waals surface area contributed by atoms with Crippen LogP contribution in [0.5, 0.6) is 0 Å². The standard InChI is InChI=1S/C23H24O4/c1-15(2)25-21-16(3)20(24)23(21)26-17(4)22(27-23,18-11-7-5-8-12-18)19-13-9-6-10-14-19/h5-15,17H,1-4H3. The van der Waals surface area contributed by atoms with E-state index in [9.17, 15) is 4.79 Å². The van der Waals surface area contributed by atoms with E-state index in [1.165, 1.54) is 0 Å². The summed E-state index contributed by atoms with van der Waals surface area (Å²) in [7, 11) is 0. The zero-order valence-electron chi connectivity index (χ0n) is 16.1. The monoisotopic (exact) mass is 364 g/mol. The van der Waals surface area contributed by atoms with Gasteiger partial charge in [-0.3, -0.25) is 4.79 Å². The second-order valence-corrected chi connectivity index (χ2v) is 7.40. The van der Waals surface area contributed by atoms with Gasteiger partial charge in [-0.15, -0.1) is 0 Å². The molecule has 0 bridgehead atoms. The number of ether oxygens (including phenoxy) is 3. The normalized spacial score (nSPS) is 26.6. The van der Waals surface area contributed by atoms with Crippen molar-refractivity contribution in [3.05, 3.63) is 83.1 Å². The number of hydrogen-bond acceptors (Lipinski definition) is 4. The second kappa shape index (κ2) is 6.32. The van der Waals surface area contributed by atoms with Gasteiger partial charge in [0.2, 0.25) is 5.78 Å². The molecule has 4 nitrogen and oxygen atoms in total. The zero-order chi connectivity index (χ0) is 19.2. The van der Waals surface area contributed by atoms with Crippen LogP contribution in [-0.2, 0) is 24.6 Å². The summed E-state index contributed by atoms with van der Waals surface area (Å²) in [5, 5.41) is 0. The maximum Gasteiger partial charge on any atom is 0.295 e. The van der Waals surface area contributed by atoms with Crippen LogP contribution in [0.4, 0.5) is 0 Å². The Kier molecular flexibility index (Phi) is 4.21. The van der Waals surface area contributed by atoms with Crippen LogP contribution in [-0.4, -0.2) is 23.8 Å². The van der Waals surface area contributed by atoms with Gasteiger partial charge in [0.15, 0.2) is 5.76 Å². The number of hydrogen-bond donors (Lipinski definition) is 0. The van der Waals surface area contributed by atoms with Crippen molar-refractivity contribution < 1.29 is 19.0 Å². The fraction of sp³-hybridized carbons (Fsp3) is 0.348. The highest BCUT2D eigenvalue weighted by Gasteiger charge is 2.68. The molecule has 0 radical (unpaired) electrons. The summed E-state index contributed by atoms with van der Waals surface area (Å²) in [6.45, 7) is 7.56. The van der Waals surface area contributed by atoms with E-state index in [1.807, 2.05) is 81.4 Å². The van der Waals surface area contributed by atoms with Gasteiger partial charge >= 0.3 is 0 Å². The first-order valence-corrected chi connectivity index (χ1v) is 9.33. The van der Waals surface area contributed by atoms with Crippen molar-refractivity contribution in [2.75, 3.05) is 0 Å². The lowest BCUT2D eigenvalue weighted by atomic mass is 9.82. The van der Waals surface area contributed by atoms with Crippen molar-refractivity contribution >= 4 is 5.78 Å². The molecule has 2 aliphatic rings. The van der Waals surface area contributed by atoms with Crippen LogP contribution in [0.25, 0.3) is 0 Å². The molecule has 0 aromatic heterocycles. The van der Waals surface area contributed by atoms with E-state index < -0.39 is 11.4 Å². The average Bonchev–Trinajstić information content (AvgIpc) is 3.03. The maximum atomic E-state index is 12.9. The molecule has 2 aromatic carbocycles. The van der Waals surface area contributed by atoms with Crippen LogP contribution in [0.15, 0.2) is 72.0 Å². The van der Waals surface area contributed by atoms with Gasteiger partial charge < -0.3 is 14.2 Å². The van der Waals surface area contributed by atoms with Gasteiger partial charge in [0.05, 0.1) is 12.2 Å². The molecule has 1 aliphatic heterocycles. The third kappa shape index (κ3) is 2.47. The first-order chi connectivity index (χ1) is 12.9. The van der Waals surface area contributed by atoms with Crippen LogP contribution >= 0.6 is 0 Å². The molecule has 1 heterocycles. The predicted octanol–water partition coefficient (Wildman–Crippen LogP) is 4.34. The number of rotatable bonds is 4. The lowest BCUT2D eigenvalue weighted by molar-refractivity contribution is -0.203. The van der Waals surface area contributed by atoms with Crippen LogP contribution in [0, 0.1) is 0 Å². The Morgan fingerprint density at radius 3 is 1.96 bits per heavy atom. The molecule has 27 heavy (non-hydrogen) atoms. The Bertz CT molecular complexity index is 846. The van der Waals surface area contributed by atoms with Gasteiger partial charge in [0.25, 0.3) is 5.79 Å². The molecule has 0 amide bonds. The predicted molar refractivity (Wildman–Crippen MR) is 102 cm³/mol. The molecule has 140 valence electrons. The van der Waals surface area contributed by atoms with E-state index in [4.69, 9.17) is 14.2 Å². The highest BCUT2D eigenvalue weighted by Crippen LogP contribution is 2.55. The molecule has 1 saturated heterocycles. The van der Waals surface area contributed by atoms with Crippen molar-refractivity contribution in [3.8, 4) is 0 Å². The third-order valence-corrected chi connectivity index (χ3v) is 5.26. The number of Topliss-reactive ketones (excluding diaryl/α,β-unsaturated/α-hetero) is 1. The van der Waals surface area contributed by atoms with Gasteiger partial charge in [0.1, 0.15) is 5.60 Å². The molecule has 0 N–H and O–H groups in total. The maximum absolute atomic E-state index is 12.9. The van der Waals surface area contributed by atoms with Crippen LogP contribution < -0.4 is 0 Å². The molecule has 1 fully saturated rings. The van der Waals surface area contributed by atoms with Crippen LogP contribution in [0.2, 0.25) is 0 Å². The van der Waals surface area contributed by atoms with E-state index in [0.717, 1.165) is 11.1 Å². The van der Waals surface area contributed by atoms with E-state index in [-0.39, 0.29) is 18.0 Å². The zero-order valence-corrected chi connectivity index (χ0v) is 16.1. The highest BCUT2D eigenvalue weighted by molar-refractivity contribution is 6.10. The average molecular weight is 364 g/mol. The summed E-state index contributed by atoms with van der Waals surface area (Å²) in [4.78, 5) is 12.9. The minimum atomic E-state index is -1.47. The molecule has 2 aromatic rings. The molecule has 2 unspecified atom stereocenters. The minimum absolute atomic E-state index is 0.0779. The summed E-state index contributed by atoms with van der Waals surface area (Å²) < 4.78 is 18.8. The summed E-state index contributed by atoms with van der Waals surface area (Å²) in [6, 6.07) is 19.8. The summed E-state index contributed by atoms with van der Waals surface area (Å²) in [5.74, 6) is -1.15. The lowest BCUT2D eigenvalue weighted by Crippen LogP contribution is -2.54. The topological polar surface area (TPSA) is 44.8 Å². The van der Waals surface area contributed by atoms with E-state index in [1.54, 1.807) is 6.92 Å². The van der Waals surface area contributed by atoms with Crippen LogP contribution in [0.1, 0.15) is 38.8 Å². The quantitative estimate of drug-likeness (QED) is 0.809. The van der Waals surface area contributed by atoms with E-state index in [0.29, 0.717) is 11.3 Å². The Morgan fingerprint density at radius 2 is 1.48 bits per heavy atom. The second-order valence-electron chi connectivity index (χ2n) is 7.40. The molecular formula is C23H24O4. The Hall–Kier alpha value is -2.43. The Balaban J connectivity index is 1.87. The van der Waals surface area contributed by atoms with Crippen molar-refractivity contribution in [2.24, 2.45) is 0 Å². The van der Waals surface area contributed by atoms with Crippen molar-refractivity contribution in [1.29, 1.82) is 0 Å². The lowest BCUT2D eigenvalue weighted by Gasteiger charge is -2.40. The number of benzene rings is 2. The van der Waals surface area contributed by atoms with Gasteiger partial charge in [-0.2, -0.15) is 0 Å². The number of carbonyl (C=O) groups is 1. The van der Waals surface area contributed by atoms with Gasteiger partial charge in [0, 0.05) is 5.57 Å². The first-order valence-electron chi connectivity index (χ1n) is 9.33.